The second kappa shape index (κ2) is 11.8. The number of nitrogen functional groups attached to an aromatic ring is 1. The fourth-order valence-electron chi connectivity index (χ4n) is 3.12. The minimum atomic E-state index is -0.716. The number of nitrogens with zero attached hydrogens (tertiary/aromatic N) is 5. The van der Waals surface area contributed by atoms with Crippen molar-refractivity contribution in [2.24, 2.45) is 0 Å². The topological polar surface area (TPSA) is 120 Å². The number of rotatable bonds is 3. The molecule has 0 atom stereocenters. The van der Waals surface area contributed by atoms with Crippen LogP contribution in [0.5, 0.6) is 0 Å². The number of pyridine rings is 2. The maximum absolute atomic E-state index is 13.0. The first-order chi connectivity index (χ1) is 14.5. The zero-order chi connectivity index (χ0) is 21.5. The summed E-state index contributed by atoms with van der Waals surface area (Å²) in [6.45, 7) is 4.81. The Balaban J connectivity index is 0.000000215. The fourth-order valence-corrected chi connectivity index (χ4v) is 3.12. The molecule has 0 radical (unpaired) electrons. The molecule has 2 aromatic rings. The average Bonchev–Trinajstić information content (AvgIpc) is 2.77. The molecule has 2 aliphatic rings. The molecule has 2 saturated heterocycles. The molecule has 0 saturated carbocycles. The predicted molar refractivity (Wildman–Crippen MR) is 106 cm³/mol. The molecule has 10 nitrogen and oxygen atoms in total. The molecular weight excluding hydrogens is 509 g/mol. The number of halogens is 2. The second-order valence-electron chi connectivity index (χ2n) is 6.52. The Labute approximate surface area is 191 Å². The number of hydrogen-bond acceptors (Lipinski definition) is 9. The van der Waals surface area contributed by atoms with Crippen molar-refractivity contribution in [3.63, 3.8) is 0 Å². The molecule has 2 N–H and O–H groups in total. The van der Waals surface area contributed by atoms with Crippen molar-refractivity contribution in [2.45, 2.75) is 0 Å². The molecule has 13 heteroatoms. The normalized spacial score (nSPS) is 16.1. The molecule has 4 rings (SSSR count). The van der Waals surface area contributed by atoms with Crippen molar-refractivity contribution < 1.29 is 43.6 Å². The van der Waals surface area contributed by atoms with E-state index in [9.17, 15) is 18.9 Å². The number of anilines is 3. The van der Waals surface area contributed by atoms with Gasteiger partial charge in [0, 0.05) is 58.7 Å². The van der Waals surface area contributed by atoms with Crippen LogP contribution in [0, 0.1) is 22.0 Å². The molecule has 0 bridgehead atoms. The van der Waals surface area contributed by atoms with Crippen molar-refractivity contribution in [1.82, 2.24) is 9.97 Å². The number of aromatic nitrogens is 2. The molecule has 2 fully saturated rings. The van der Waals surface area contributed by atoms with E-state index in [1.807, 2.05) is 4.90 Å². The largest absolute Gasteiger partial charge is 0.396 e. The molecule has 2 aromatic heterocycles. The molecular formula is C18H22F2N6O4Pd. The zero-order valence-electron chi connectivity index (χ0n) is 16.5. The minimum absolute atomic E-state index is 0. The molecule has 0 aliphatic carbocycles. The zero-order valence-corrected chi connectivity index (χ0v) is 18.0. The number of morpholine rings is 2. The van der Waals surface area contributed by atoms with Crippen molar-refractivity contribution in [3.8, 4) is 0 Å². The fraction of sp³-hybridized carbons (Fsp3) is 0.444. The van der Waals surface area contributed by atoms with E-state index >= 15 is 0 Å². The quantitative estimate of drug-likeness (QED) is 0.273. The summed E-state index contributed by atoms with van der Waals surface area (Å²) in [5, 5.41) is 10.8. The number of ether oxygens (including phenoxy) is 2. The van der Waals surface area contributed by atoms with Crippen LogP contribution in [0.3, 0.4) is 0 Å². The predicted octanol–water partition coefficient (Wildman–Crippen LogP) is 1.60. The molecule has 31 heavy (non-hydrogen) atoms. The third kappa shape index (κ3) is 6.76. The van der Waals surface area contributed by atoms with Gasteiger partial charge in [-0.3, -0.25) is 10.1 Å². The molecule has 0 spiro atoms. The van der Waals surface area contributed by atoms with E-state index in [1.165, 1.54) is 12.3 Å². The number of nitro groups is 1. The van der Waals surface area contributed by atoms with Gasteiger partial charge < -0.3 is 25.0 Å². The van der Waals surface area contributed by atoms with Crippen LogP contribution < -0.4 is 15.5 Å². The Bertz CT molecular complexity index is 882. The van der Waals surface area contributed by atoms with E-state index in [4.69, 9.17) is 15.2 Å². The van der Waals surface area contributed by atoms with Crippen LogP contribution in [0.2, 0.25) is 0 Å². The Hall–Kier alpha value is -2.46. The van der Waals surface area contributed by atoms with Gasteiger partial charge in [0.1, 0.15) is 11.9 Å². The third-order valence-corrected chi connectivity index (χ3v) is 4.61. The molecule has 0 aromatic carbocycles. The summed E-state index contributed by atoms with van der Waals surface area (Å²) in [7, 11) is 0. The van der Waals surface area contributed by atoms with Gasteiger partial charge in [-0.15, -0.1) is 0 Å². The summed E-state index contributed by atoms with van der Waals surface area (Å²) in [6, 6.07) is 2.45. The summed E-state index contributed by atoms with van der Waals surface area (Å²) < 4.78 is 36.2. The summed E-state index contributed by atoms with van der Waals surface area (Å²) in [5.41, 5.74) is 7.01. The van der Waals surface area contributed by atoms with Gasteiger partial charge >= 0.3 is 5.69 Å². The SMILES string of the molecule is Nc1cnc(F)cc1N1CCOCC1.O=[N+]([O-])c1cnc(F)cc1N1CCOCC1.[Pd]. The Morgan fingerprint density at radius 1 is 0.903 bits per heavy atom. The van der Waals surface area contributed by atoms with Gasteiger partial charge in [0.25, 0.3) is 0 Å². The Morgan fingerprint density at radius 2 is 1.35 bits per heavy atom. The van der Waals surface area contributed by atoms with Crippen LogP contribution in [0.4, 0.5) is 31.5 Å². The molecule has 2 aliphatic heterocycles. The second-order valence-corrected chi connectivity index (χ2v) is 6.52. The van der Waals surface area contributed by atoms with Crippen LogP contribution in [0.1, 0.15) is 0 Å². The first kappa shape index (κ1) is 24.8. The Kier molecular flexibility index (Phi) is 9.45. The molecule has 172 valence electrons. The maximum Gasteiger partial charge on any atom is 0.310 e. The van der Waals surface area contributed by atoms with E-state index < -0.39 is 16.8 Å². The van der Waals surface area contributed by atoms with Crippen LogP contribution in [-0.2, 0) is 29.9 Å². The van der Waals surface area contributed by atoms with Crippen LogP contribution >= 0.6 is 0 Å². The maximum atomic E-state index is 13.0. The van der Waals surface area contributed by atoms with Crippen molar-refractivity contribution in [1.29, 1.82) is 0 Å². The standard InChI is InChI=1S/C9H10FN3O3.C9H12FN3O.Pd/c10-9-5-7(8(6-11-9)13(14)15)12-1-3-16-4-2-12;10-9-5-8(7(11)6-12-9)13-1-3-14-4-2-13;/h5-6H,1-4H2;5-6H,1-4,11H2;. The average molecular weight is 531 g/mol. The van der Waals surface area contributed by atoms with E-state index in [-0.39, 0.29) is 31.8 Å². The summed E-state index contributed by atoms with van der Waals surface area (Å²) in [4.78, 5) is 20.7. The third-order valence-electron chi connectivity index (χ3n) is 4.61. The Morgan fingerprint density at radius 3 is 1.87 bits per heavy atom. The first-order valence-corrected chi connectivity index (χ1v) is 9.32. The van der Waals surface area contributed by atoms with Gasteiger partial charge in [0.15, 0.2) is 0 Å². The van der Waals surface area contributed by atoms with Gasteiger partial charge in [0.2, 0.25) is 11.9 Å². The van der Waals surface area contributed by atoms with Gasteiger partial charge in [-0.2, -0.15) is 8.78 Å². The van der Waals surface area contributed by atoms with Crippen LogP contribution in [0.25, 0.3) is 0 Å². The summed E-state index contributed by atoms with van der Waals surface area (Å²) in [5.74, 6) is -1.22. The van der Waals surface area contributed by atoms with Gasteiger partial charge in [-0.05, 0) is 0 Å². The molecule has 0 amide bonds. The smallest absolute Gasteiger partial charge is 0.310 e. The minimum Gasteiger partial charge on any atom is -0.396 e. The summed E-state index contributed by atoms with van der Waals surface area (Å²) >= 11 is 0. The van der Waals surface area contributed by atoms with Crippen molar-refractivity contribution in [2.75, 3.05) is 68.1 Å². The monoisotopic (exact) mass is 530 g/mol. The summed E-state index contributed by atoms with van der Waals surface area (Å²) in [6.07, 6.45) is 2.29. The van der Waals surface area contributed by atoms with Gasteiger partial charge in [-0.1, -0.05) is 0 Å². The van der Waals surface area contributed by atoms with Crippen LogP contribution in [-0.4, -0.2) is 67.5 Å². The number of nitrogens with two attached hydrogens (primary N) is 1. The first-order valence-electron chi connectivity index (χ1n) is 9.32. The van der Waals surface area contributed by atoms with Gasteiger partial charge in [-0.25, -0.2) is 9.97 Å². The molecule has 0 unspecified atom stereocenters. The van der Waals surface area contributed by atoms with E-state index in [0.717, 1.165) is 25.4 Å². The van der Waals surface area contributed by atoms with E-state index in [2.05, 4.69) is 9.97 Å². The van der Waals surface area contributed by atoms with Crippen LogP contribution in [0.15, 0.2) is 24.5 Å². The van der Waals surface area contributed by atoms with Crippen molar-refractivity contribution in [3.05, 3.63) is 46.5 Å². The van der Waals surface area contributed by atoms with Gasteiger partial charge in [0.05, 0.1) is 48.9 Å². The molecule has 4 heterocycles. The number of hydrogen-bond donors (Lipinski definition) is 1. The van der Waals surface area contributed by atoms with E-state index in [0.29, 0.717) is 50.9 Å². The van der Waals surface area contributed by atoms with Crippen molar-refractivity contribution >= 4 is 22.7 Å². The van der Waals surface area contributed by atoms with E-state index in [1.54, 1.807) is 4.90 Å².